The van der Waals surface area contributed by atoms with Crippen molar-refractivity contribution in [3.63, 3.8) is 0 Å². The summed E-state index contributed by atoms with van der Waals surface area (Å²) in [5.74, 6) is -1.07. The van der Waals surface area contributed by atoms with Crippen LogP contribution in [0.1, 0.15) is 44.9 Å². The molecule has 8 heteroatoms. The van der Waals surface area contributed by atoms with E-state index in [0.29, 0.717) is 11.3 Å². The van der Waals surface area contributed by atoms with Gasteiger partial charge in [-0.1, -0.05) is 60.2 Å². The summed E-state index contributed by atoms with van der Waals surface area (Å²) >= 11 is 0. The van der Waals surface area contributed by atoms with Crippen molar-refractivity contribution in [1.29, 1.82) is 5.26 Å². The first-order chi connectivity index (χ1) is 17.5. The minimum Gasteiger partial charge on any atom is -0.444 e. The molecule has 0 saturated heterocycles. The van der Waals surface area contributed by atoms with Gasteiger partial charge in [0.1, 0.15) is 24.2 Å². The van der Waals surface area contributed by atoms with E-state index in [2.05, 4.69) is 10.6 Å². The van der Waals surface area contributed by atoms with Gasteiger partial charge in [-0.2, -0.15) is 5.26 Å². The van der Waals surface area contributed by atoms with E-state index in [4.69, 9.17) is 4.74 Å². The van der Waals surface area contributed by atoms with E-state index in [1.165, 1.54) is 11.8 Å². The van der Waals surface area contributed by atoms with E-state index in [1.54, 1.807) is 39.0 Å². The van der Waals surface area contributed by atoms with Crippen LogP contribution in [0.2, 0.25) is 0 Å². The molecule has 0 aliphatic heterocycles. The molecule has 2 atom stereocenters. The number of nitriles is 1. The van der Waals surface area contributed by atoms with Crippen LogP contribution >= 0.6 is 0 Å². The lowest BCUT2D eigenvalue weighted by atomic mass is 10.0. The topological polar surface area (TPSA) is 112 Å². The van der Waals surface area contributed by atoms with Crippen molar-refractivity contribution >= 4 is 34.4 Å². The number of fused-ring (bicyclic) bond motifs is 1. The number of alkyl carbamates (subject to hydrolysis) is 1. The van der Waals surface area contributed by atoms with Gasteiger partial charge in [0, 0.05) is 5.69 Å². The summed E-state index contributed by atoms with van der Waals surface area (Å²) < 4.78 is 5.25. The van der Waals surface area contributed by atoms with Crippen LogP contribution in [-0.2, 0) is 14.3 Å². The summed E-state index contributed by atoms with van der Waals surface area (Å²) in [4.78, 5) is 40.6. The fourth-order valence-corrected chi connectivity index (χ4v) is 3.87. The second kappa shape index (κ2) is 11.6. The zero-order valence-electron chi connectivity index (χ0n) is 21.7. The van der Waals surface area contributed by atoms with Gasteiger partial charge in [-0.25, -0.2) is 4.79 Å². The molecule has 3 rings (SSSR count). The fraction of sp³-hybridized carbons (Fsp3) is 0.310. The molecule has 3 aromatic carbocycles. The number of amides is 3. The standard InChI is InChI=1S/C29H32N4O4/c1-19-10-12-22(13-11-19)25(26(34)32-24-15-14-21-8-6-7-9-23(21)18-24)33(17-16-30)27(35)20(2)31-28(36)37-29(3,4)5/h6-15,18,20,25H,17H2,1-5H3,(H,31,36)(H,32,34). The molecular formula is C29H32N4O4. The van der Waals surface area contributed by atoms with Crippen LogP contribution in [0, 0.1) is 18.3 Å². The number of carbonyl (C=O) groups excluding carboxylic acids is 3. The third-order valence-electron chi connectivity index (χ3n) is 5.60. The molecule has 0 spiro atoms. The van der Waals surface area contributed by atoms with Gasteiger partial charge in [0.05, 0.1) is 6.07 Å². The molecule has 0 heterocycles. The molecular weight excluding hydrogens is 468 g/mol. The molecule has 0 radical (unpaired) electrons. The number of anilines is 1. The Bertz CT molecular complexity index is 1320. The summed E-state index contributed by atoms with van der Waals surface area (Å²) in [6.07, 6.45) is -0.766. The van der Waals surface area contributed by atoms with Crippen LogP contribution in [-0.4, -0.2) is 41.0 Å². The predicted octanol–water partition coefficient (Wildman–Crippen LogP) is 5.09. The highest BCUT2D eigenvalue weighted by Gasteiger charge is 2.34. The molecule has 3 aromatic rings. The van der Waals surface area contributed by atoms with Crippen molar-refractivity contribution < 1.29 is 19.1 Å². The largest absolute Gasteiger partial charge is 0.444 e. The first-order valence-corrected chi connectivity index (χ1v) is 12.0. The maximum absolute atomic E-state index is 13.7. The first kappa shape index (κ1) is 27.2. The third-order valence-corrected chi connectivity index (χ3v) is 5.60. The number of aryl methyl sites for hydroxylation is 1. The average molecular weight is 501 g/mol. The Labute approximate surface area is 217 Å². The van der Waals surface area contributed by atoms with Gasteiger partial charge in [-0.3, -0.25) is 9.59 Å². The van der Waals surface area contributed by atoms with E-state index in [-0.39, 0.29) is 6.54 Å². The molecule has 0 fully saturated rings. The highest BCUT2D eigenvalue weighted by Crippen LogP contribution is 2.26. The lowest BCUT2D eigenvalue weighted by Crippen LogP contribution is -2.51. The van der Waals surface area contributed by atoms with E-state index in [0.717, 1.165) is 16.3 Å². The summed E-state index contributed by atoms with van der Waals surface area (Å²) in [6, 6.07) is 20.3. The van der Waals surface area contributed by atoms with Crippen LogP contribution in [0.15, 0.2) is 66.7 Å². The van der Waals surface area contributed by atoms with Crippen molar-refractivity contribution in [1.82, 2.24) is 10.2 Å². The van der Waals surface area contributed by atoms with Gasteiger partial charge in [-0.15, -0.1) is 0 Å². The van der Waals surface area contributed by atoms with Crippen molar-refractivity contribution in [2.45, 2.75) is 52.3 Å². The Balaban J connectivity index is 1.93. The smallest absolute Gasteiger partial charge is 0.408 e. The normalized spacial score (nSPS) is 12.6. The molecule has 0 aromatic heterocycles. The Kier molecular flexibility index (Phi) is 8.51. The zero-order chi connectivity index (χ0) is 27.2. The molecule has 2 unspecified atom stereocenters. The number of benzene rings is 3. The number of ether oxygens (including phenoxy) is 1. The van der Waals surface area contributed by atoms with Crippen LogP contribution in [0.25, 0.3) is 10.8 Å². The molecule has 0 aliphatic carbocycles. The number of hydrogen-bond acceptors (Lipinski definition) is 5. The number of rotatable bonds is 7. The summed E-state index contributed by atoms with van der Waals surface area (Å²) in [5.41, 5.74) is 1.33. The van der Waals surface area contributed by atoms with Gasteiger partial charge in [0.2, 0.25) is 5.91 Å². The second-order valence-electron chi connectivity index (χ2n) is 9.86. The lowest BCUT2D eigenvalue weighted by molar-refractivity contribution is -0.139. The summed E-state index contributed by atoms with van der Waals surface area (Å²) in [5, 5.41) is 16.9. The highest BCUT2D eigenvalue weighted by molar-refractivity contribution is 6.00. The maximum Gasteiger partial charge on any atom is 0.408 e. The van der Waals surface area contributed by atoms with Crippen molar-refractivity contribution in [3.8, 4) is 6.07 Å². The van der Waals surface area contributed by atoms with Gasteiger partial charge >= 0.3 is 6.09 Å². The minimum absolute atomic E-state index is 0.358. The average Bonchev–Trinajstić information content (AvgIpc) is 2.83. The molecule has 8 nitrogen and oxygen atoms in total. The molecule has 192 valence electrons. The van der Waals surface area contributed by atoms with Crippen LogP contribution in [0.3, 0.4) is 0 Å². The van der Waals surface area contributed by atoms with E-state index in [9.17, 15) is 19.6 Å². The highest BCUT2D eigenvalue weighted by atomic mass is 16.6. The maximum atomic E-state index is 13.7. The SMILES string of the molecule is Cc1ccc(C(C(=O)Nc2ccc3ccccc3c2)N(CC#N)C(=O)C(C)NC(=O)OC(C)(C)C)cc1. The van der Waals surface area contributed by atoms with E-state index in [1.807, 2.05) is 61.5 Å². The van der Waals surface area contributed by atoms with Gasteiger partial charge in [-0.05, 0) is 63.1 Å². The van der Waals surface area contributed by atoms with Crippen molar-refractivity contribution in [2.24, 2.45) is 0 Å². The number of nitrogens with one attached hydrogen (secondary N) is 2. The quantitative estimate of drug-likeness (QED) is 0.439. The Morgan fingerprint density at radius 2 is 1.65 bits per heavy atom. The monoisotopic (exact) mass is 500 g/mol. The Morgan fingerprint density at radius 1 is 1.00 bits per heavy atom. The van der Waals surface area contributed by atoms with Crippen molar-refractivity contribution in [3.05, 3.63) is 77.9 Å². The summed E-state index contributed by atoms with van der Waals surface area (Å²) in [7, 11) is 0. The molecule has 0 bridgehead atoms. The Morgan fingerprint density at radius 3 is 2.27 bits per heavy atom. The van der Waals surface area contributed by atoms with Gasteiger partial charge < -0.3 is 20.3 Å². The molecule has 2 N–H and O–H groups in total. The second-order valence-corrected chi connectivity index (χ2v) is 9.86. The Hall–Kier alpha value is -4.38. The first-order valence-electron chi connectivity index (χ1n) is 12.0. The number of hydrogen-bond donors (Lipinski definition) is 2. The van der Waals surface area contributed by atoms with Gasteiger partial charge in [0.15, 0.2) is 0 Å². The summed E-state index contributed by atoms with van der Waals surface area (Å²) in [6.45, 7) is 8.19. The number of nitrogens with zero attached hydrogens (tertiary/aromatic N) is 2. The molecule has 3 amide bonds. The molecule has 0 aliphatic rings. The lowest BCUT2D eigenvalue weighted by Gasteiger charge is -2.32. The molecule has 0 saturated carbocycles. The van der Waals surface area contributed by atoms with Gasteiger partial charge in [0.25, 0.3) is 5.91 Å². The van der Waals surface area contributed by atoms with E-state index < -0.39 is 35.6 Å². The van der Waals surface area contributed by atoms with E-state index >= 15 is 0 Å². The zero-order valence-corrected chi connectivity index (χ0v) is 21.7. The van der Waals surface area contributed by atoms with Crippen LogP contribution in [0.5, 0.6) is 0 Å². The molecule has 37 heavy (non-hydrogen) atoms. The van der Waals surface area contributed by atoms with Crippen LogP contribution < -0.4 is 10.6 Å². The minimum atomic E-state index is -1.11. The van der Waals surface area contributed by atoms with Crippen LogP contribution in [0.4, 0.5) is 10.5 Å². The van der Waals surface area contributed by atoms with Crippen molar-refractivity contribution in [2.75, 3.05) is 11.9 Å². The fourth-order valence-electron chi connectivity index (χ4n) is 3.87. The number of carbonyl (C=O) groups is 3. The predicted molar refractivity (Wildman–Crippen MR) is 143 cm³/mol. The third kappa shape index (κ3) is 7.31.